The maximum atomic E-state index is 11.0. The van der Waals surface area contributed by atoms with Gasteiger partial charge in [0.15, 0.2) is 11.6 Å². The molecule has 60 valence electrons. The molecular weight excluding hydrogens is 187 g/mol. The zero-order chi connectivity index (χ0) is 8.59. The molecule has 0 aliphatic heterocycles. The second-order valence-corrected chi connectivity index (χ2v) is 3.34. The molecule has 0 radical (unpaired) electrons. The van der Waals surface area contributed by atoms with Crippen LogP contribution < -0.4 is 0 Å². The molecule has 0 amide bonds. The lowest BCUT2D eigenvalue weighted by Crippen LogP contribution is -2.35. The summed E-state index contributed by atoms with van der Waals surface area (Å²) in [6.07, 6.45) is 1.23. The summed E-state index contributed by atoms with van der Waals surface area (Å²) in [4.78, 5) is 22.0. The number of Topliss-reactive ketones (excluding diaryl/α,β-unsaturated/α-hetero) is 1. The molecule has 0 N–H and O–H groups in total. The first-order chi connectivity index (χ1) is 5.04. The van der Waals surface area contributed by atoms with E-state index < -0.39 is 10.8 Å². The summed E-state index contributed by atoms with van der Waals surface area (Å²) in [6, 6.07) is 0. The number of carbonyl (C=O) groups is 2. The van der Waals surface area contributed by atoms with E-state index in [0.717, 1.165) is 0 Å². The molecule has 1 rings (SSSR count). The maximum absolute atomic E-state index is 11.0. The molecule has 0 heterocycles. The Labute approximate surface area is 74.2 Å². The van der Waals surface area contributed by atoms with Crippen LogP contribution >= 0.6 is 23.2 Å². The Bertz CT molecular complexity index is 245. The summed E-state index contributed by atoms with van der Waals surface area (Å²) in [5.41, 5.74) is 0.381. The van der Waals surface area contributed by atoms with E-state index in [9.17, 15) is 9.59 Å². The lowest BCUT2D eigenvalue weighted by molar-refractivity contribution is -0.121. The van der Waals surface area contributed by atoms with Crippen molar-refractivity contribution >= 4 is 34.8 Å². The molecule has 0 spiro atoms. The van der Waals surface area contributed by atoms with Crippen molar-refractivity contribution in [1.82, 2.24) is 0 Å². The number of halogens is 2. The fourth-order valence-electron chi connectivity index (χ4n) is 0.859. The Morgan fingerprint density at radius 3 is 2.36 bits per heavy atom. The third-order valence-corrected chi connectivity index (χ3v) is 2.57. The summed E-state index contributed by atoms with van der Waals surface area (Å²) in [6.45, 7) is 1.55. The first kappa shape index (κ1) is 8.75. The van der Waals surface area contributed by atoms with Gasteiger partial charge in [0.1, 0.15) is 10.8 Å². The highest BCUT2D eigenvalue weighted by Crippen LogP contribution is 2.21. The third kappa shape index (κ3) is 1.47. The Morgan fingerprint density at radius 2 is 1.82 bits per heavy atom. The van der Waals surface area contributed by atoms with Crippen molar-refractivity contribution in [2.45, 2.75) is 17.7 Å². The van der Waals surface area contributed by atoms with Crippen molar-refractivity contribution in [2.24, 2.45) is 0 Å². The van der Waals surface area contributed by atoms with E-state index in [1.165, 1.54) is 6.08 Å². The Morgan fingerprint density at radius 1 is 1.27 bits per heavy atom. The van der Waals surface area contributed by atoms with Crippen LogP contribution in [0.4, 0.5) is 0 Å². The summed E-state index contributed by atoms with van der Waals surface area (Å²) in [7, 11) is 0. The van der Waals surface area contributed by atoms with Gasteiger partial charge in [0.25, 0.3) is 0 Å². The van der Waals surface area contributed by atoms with Gasteiger partial charge in [-0.3, -0.25) is 9.59 Å². The van der Waals surface area contributed by atoms with Gasteiger partial charge in [-0.15, -0.1) is 23.2 Å². The Balaban J connectivity index is 3.01. The van der Waals surface area contributed by atoms with Crippen LogP contribution in [0.15, 0.2) is 11.6 Å². The topological polar surface area (TPSA) is 34.1 Å². The smallest absolute Gasteiger partial charge is 0.178 e. The van der Waals surface area contributed by atoms with Gasteiger partial charge in [0, 0.05) is 0 Å². The minimum atomic E-state index is -0.895. The standard InChI is InChI=1S/C7H6Cl2O2/c1-3-2-4(10)5(8)6(9)7(3)11/h2,5-6H,1H3. The van der Waals surface area contributed by atoms with Crippen LogP contribution in [0.25, 0.3) is 0 Å². The van der Waals surface area contributed by atoms with Crippen molar-refractivity contribution in [1.29, 1.82) is 0 Å². The normalized spacial score (nSPS) is 32.1. The molecule has 2 unspecified atom stereocenters. The Kier molecular flexibility index (Phi) is 2.35. The van der Waals surface area contributed by atoms with Gasteiger partial charge in [0.05, 0.1) is 0 Å². The highest BCUT2D eigenvalue weighted by Gasteiger charge is 2.34. The maximum Gasteiger partial charge on any atom is 0.178 e. The average Bonchev–Trinajstić information content (AvgIpc) is 1.97. The van der Waals surface area contributed by atoms with Crippen LogP contribution in [0.2, 0.25) is 0 Å². The van der Waals surface area contributed by atoms with Crippen molar-refractivity contribution in [3.8, 4) is 0 Å². The molecule has 1 aliphatic rings. The number of ketones is 2. The highest BCUT2D eigenvalue weighted by atomic mass is 35.5. The molecule has 1 aliphatic carbocycles. The van der Waals surface area contributed by atoms with E-state index in [2.05, 4.69) is 0 Å². The van der Waals surface area contributed by atoms with Crippen molar-refractivity contribution < 1.29 is 9.59 Å². The lowest BCUT2D eigenvalue weighted by Gasteiger charge is -2.17. The van der Waals surface area contributed by atoms with Crippen molar-refractivity contribution in [3.63, 3.8) is 0 Å². The van der Waals surface area contributed by atoms with Gasteiger partial charge in [-0.1, -0.05) is 0 Å². The van der Waals surface area contributed by atoms with Gasteiger partial charge in [-0.25, -0.2) is 0 Å². The molecule has 2 nitrogen and oxygen atoms in total. The van der Waals surface area contributed by atoms with Crippen LogP contribution in [0, 0.1) is 0 Å². The molecule has 0 bridgehead atoms. The molecule has 0 aromatic carbocycles. The van der Waals surface area contributed by atoms with Gasteiger partial charge >= 0.3 is 0 Å². The van der Waals surface area contributed by atoms with E-state index in [-0.39, 0.29) is 11.6 Å². The van der Waals surface area contributed by atoms with Gasteiger partial charge in [0.2, 0.25) is 0 Å². The Hall–Kier alpha value is -0.340. The molecule has 0 aromatic heterocycles. The molecule has 2 atom stereocenters. The van der Waals surface area contributed by atoms with Gasteiger partial charge in [-0.2, -0.15) is 0 Å². The zero-order valence-corrected chi connectivity index (χ0v) is 7.32. The molecule has 11 heavy (non-hydrogen) atoms. The second kappa shape index (κ2) is 2.95. The minimum absolute atomic E-state index is 0.258. The van der Waals surface area contributed by atoms with Gasteiger partial charge in [-0.05, 0) is 18.6 Å². The predicted octanol–water partition coefficient (Wildman–Crippen LogP) is 1.30. The van der Waals surface area contributed by atoms with Crippen molar-refractivity contribution in [2.75, 3.05) is 0 Å². The number of hydrogen-bond donors (Lipinski definition) is 0. The number of carbonyl (C=O) groups excluding carboxylic acids is 2. The second-order valence-electron chi connectivity index (χ2n) is 2.40. The molecule has 0 saturated heterocycles. The van der Waals surface area contributed by atoms with Crippen LogP contribution in [0.3, 0.4) is 0 Å². The lowest BCUT2D eigenvalue weighted by atomic mass is 9.98. The minimum Gasteiger partial charge on any atom is -0.293 e. The quantitative estimate of drug-likeness (QED) is 0.543. The summed E-state index contributed by atoms with van der Waals surface area (Å²) < 4.78 is 0. The number of rotatable bonds is 0. The fraction of sp³-hybridized carbons (Fsp3) is 0.429. The molecule has 0 aromatic rings. The van der Waals surface area contributed by atoms with E-state index in [0.29, 0.717) is 5.57 Å². The predicted molar refractivity (Wildman–Crippen MR) is 43.1 cm³/mol. The first-order valence-electron chi connectivity index (χ1n) is 3.08. The van der Waals surface area contributed by atoms with Crippen LogP contribution in [-0.2, 0) is 9.59 Å². The highest BCUT2D eigenvalue weighted by molar-refractivity contribution is 6.47. The number of allylic oxidation sites excluding steroid dienone is 2. The van der Waals surface area contributed by atoms with Gasteiger partial charge < -0.3 is 0 Å². The van der Waals surface area contributed by atoms with E-state index in [4.69, 9.17) is 23.2 Å². The largest absolute Gasteiger partial charge is 0.293 e. The first-order valence-corrected chi connectivity index (χ1v) is 3.96. The van der Waals surface area contributed by atoms with Crippen LogP contribution in [0.1, 0.15) is 6.92 Å². The van der Waals surface area contributed by atoms with E-state index >= 15 is 0 Å². The summed E-state index contributed by atoms with van der Waals surface area (Å²) in [5.74, 6) is -0.546. The van der Waals surface area contributed by atoms with Crippen LogP contribution in [-0.4, -0.2) is 22.3 Å². The molecular formula is C7H6Cl2O2. The zero-order valence-electron chi connectivity index (χ0n) is 5.80. The molecule has 4 heteroatoms. The molecule has 0 fully saturated rings. The van der Waals surface area contributed by atoms with E-state index in [1.54, 1.807) is 6.92 Å². The van der Waals surface area contributed by atoms with Crippen LogP contribution in [0.5, 0.6) is 0 Å². The number of hydrogen-bond acceptors (Lipinski definition) is 2. The molecule has 0 saturated carbocycles. The van der Waals surface area contributed by atoms with E-state index in [1.807, 2.05) is 0 Å². The SMILES string of the molecule is CC1=CC(=O)C(Cl)C(Cl)C1=O. The summed E-state index contributed by atoms with van der Waals surface area (Å²) >= 11 is 11.1. The monoisotopic (exact) mass is 192 g/mol. The fourth-order valence-corrected chi connectivity index (χ4v) is 1.33. The third-order valence-electron chi connectivity index (χ3n) is 1.53. The summed E-state index contributed by atoms with van der Waals surface area (Å²) in [5, 5.41) is -1.79. The average molecular weight is 193 g/mol. The number of alkyl halides is 2. The van der Waals surface area contributed by atoms with Crippen molar-refractivity contribution in [3.05, 3.63) is 11.6 Å².